The van der Waals surface area contributed by atoms with Crippen molar-refractivity contribution in [2.45, 2.75) is 84.7 Å². The molecule has 0 aliphatic heterocycles. The summed E-state index contributed by atoms with van der Waals surface area (Å²) < 4.78 is 0. The summed E-state index contributed by atoms with van der Waals surface area (Å²) >= 11 is 0. The second-order valence-electron chi connectivity index (χ2n) is 10.6. The molecule has 2 nitrogen and oxygen atoms in total. The number of hydrogen-bond donors (Lipinski definition) is 2. The van der Waals surface area contributed by atoms with Crippen molar-refractivity contribution in [1.82, 2.24) is 5.32 Å². The molecule has 0 aromatic heterocycles. The molecule has 10 atom stereocenters. The number of hydrogen-bond acceptors (Lipinski definition) is 2. The van der Waals surface area contributed by atoms with E-state index in [1.807, 2.05) is 0 Å². The maximum absolute atomic E-state index is 6.37. The van der Waals surface area contributed by atoms with Crippen molar-refractivity contribution in [3.63, 3.8) is 0 Å². The number of nitrogens with one attached hydrogen (secondary N) is 1. The van der Waals surface area contributed by atoms with Crippen LogP contribution >= 0.6 is 0 Å². The highest BCUT2D eigenvalue weighted by Gasteiger charge is 2.64. The molecule has 10 unspecified atom stereocenters. The zero-order valence-electron chi connectivity index (χ0n) is 16.6. The molecule has 4 aliphatic rings. The summed E-state index contributed by atoms with van der Waals surface area (Å²) in [4.78, 5) is 0. The summed E-state index contributed by atoms with van der Waals surface area (Å²) in [7, 11) is 2.16. The lowest BCUT2D eigenvalue weighted by Gasteiger charge is -2.55. The third-order valence-electron chi connectivity index (χ3n) is 10.1. The Morgan fingerprint density at radius 3 is 2.50 bits per heavy atom. The molecule has 0 bridgehead atoms. The molecule has 0 aromatic carbocycles. The van der Waals surface area contributed by atoms with E-state index in [9.17, 15) is 0 Å². The predicted molar refractivity (Wildman–Crippen MR) is 102 cm³/mol. The summed E-state index contributed by atoms with van der Waals surface area (Å²) in [5, 5.41) is 3.59. The quantitative estimate of drug-likeness (QED) is 0.784. The van der Waals surface area contributed by atoms with Gasteiger partial charge in [0, 0.05) is 12.1 Å². The normalized spacial score (nSPS) is 58.0. The van der Waals surface area contributed by atoms with Crippen LogP contribution in [0.15, 0.2) is 0 Å². The molecule has 0 radical (unpaired) electrons. The Kier molecular flexibility index (Phi) is 4.12. The van der Waals surface area contributed by atoms with Crippen LogP contribution in [0.5, 0.6) is 0 Å². The zero-order valence-corrected chi connectivity index (χ0v) is 16.6. The van der Waals surface area contributed by atoms with Crippen molar-refractivity contribution in [3.8, 4) is 0 Å². The Morgan fingerprint density at radius 1 is 1.04 bits per heavy atom. The average molecular weight is 333 g/mol. The van der Waals surface area contributed by atoms with Gasteiger partial charge < -0.3 is 11.1 Å². The van der Waals surface area contributed by atoms with Crippen LogP contribution in [0.1, 0.15) is 72.6 Å². The van der Waals surface area contributed by atoms with E-state index in [1.54, 1.807) is 0 Å². The van der Waals surface area contributed by atoms with Gasteiger partial charge in [-0.3, -0.25) is 0 Å². The third-order valence-corrected chi connectivity index (χ3v) is 10.1. The molecule has 4 saturated carbocycles. The first-order valence-corrected chi connectivity index (χ1v) is 10.7. The largest absolute Gasteiger partial charge is 0.328 e. The van der Waals surface area contributed by atoms with E-state index in [0.717, 1.165) is 35.5 Å². The molecule has 2 heteroatoms. The molecule has 0 heterocycles. The topological polar surface area (TPSA) is 38.0 Å². The van der Waals surface area contributed by atoms with Crippen LogP contribution in [0.3, 0.4) is 0 Å². The molecule has 0 amide bonds. The molecule has 4 aliphatic carbocycles. The highest BCUT2D eigenvalue weighted by atomic mass is 14.9. The minimum atomic E-state index is 0.479. The van der Waals surface area contributed by atoms with Gasteiger partial charge in [-0.1, -0.05) is 20.8 Å². The van der Waals surface area contributed by atoms with Crippen molar-refractivity contribution in [2.75, 3.05) is 7.05 Å². The van der Waals surface area contributed by atoms with Gasteiger partial charge in [-0.05, 0) is 105 Å². The molecule has 0 spiro atoms. The monoisotopic (exact) mass is 332 g/mol. The second-order valence-corrected chi connectivity index (χ2v) is 10.6. The number of nitrogens with two attached hydrogens (primary N) is 1. The van der Waals surface area contributed by atoms with Crippen LogP contribution in [-0.4, -0.2) is 19.1 Å². The third kappa shape index (κ3) is 2.14. The minimum Gasteiger partial charge on any atom is -0.328 e. The fraction of sp³-hybridized carbons (Fsp3) is 1.00. The van der Waals surface area contributed by atoms with E-state index < -0.39 is 0 Å². The van der Waals surface area contributed by atoms with E-state index in [2.05, 4.69) is 40.1 Å². The maximum Gasteiger partial charge on any atom is 0.00694 e. The number of rotatable bonds is 2. The van der Waals surface area contributed by atoms with Crippen molar-refractivity contribution < 1.29 is 0 Å². The molecule has 3 N–H and O–H groups in total. The Balaban J connectivity index is 1.65. The Morgan fingerprint density at radius 2 is 1.79 bits per heavy atom. The molecule has 0 saturated heterocycles. The Bertz CT molecular complexity index is 490. The van der Waals surface area contributed by atoms with Gasteiger partial charge >= 0.3 is 0 Å². The van der Waals surface area contributed by atoms with E-state index in [4.69, 9.17) is 5.73 Å². The van der Waals surface area contributed by atoms with Crippen LogP contribution in [0, 0.1) is 46.3 Å². The van der Waals surface area contributed by atoms with Gasteiger partial charge in [0.05, 0.1) is 0 Å². The fourth-order valence-corrected chi connectivity index (χ4v) is 8.46. The molecule has 0 aromatic rings. The van der Waals surface area contributed by atoms with Gasteiger partial charge in [0.2, 0.25) is 0 Å². The van der Waals surface area contributed by atoms with Gasteiger partial charge in [-0.2, -0.15) is 0 Å². The molecular formula is C22H40N2. The summed E-state index contributed by atoms with van der Waals surface area (Å²) in [5.74, 6) is 5.57. The van der Waals surface area contributed by atoms with Gasteiger partial charge in [0.25, 0.3) is 0 Å². The van der Waals surface area contributed by atoms with Crippen LogP contribution in [0.2, 0.25) is 0 Å². The predicted octanol–water partition coefficient (Wildman–Crippen LogP) is 4.44. The fourth-order valence-electron chi connectivity index (χ4n) is 8.46. The summed E-state index contributed by atoms with van der Waals surface area (Å²) in [5.41, 5.74) is 7.52. The van der Waals surface area contributed by atoms with Gasteiger partial charge in [-0.25, -0.2) is 0 Å². The van der Waals surface area contributed by atoms with E-state index in [0.29, 0.717) is 22.9 Å². The van der Waals surface area contributed by atoms with Crippen LogP contribution in [-0.2, 0) is 0 Å². The van der Waals surface area contributed by atoms with Crippen molar-refractivity contribution >= 4 is 0 Å². The van der Waals surface area contributed by atoms with Crippen LogP contribution in [0.25, 0.3) is 0 Å². The zero-order chi connectivity index (χ0) is 17.3. The number of fused-ring (bicyclic) bond motifs is 5. The van der Waals surface area contributed by atoms with Gasteiger partial charge in [-0.15, -0.1) is 0 Å². The average Bonchev–Trinajstić information content (AvgIpc) is 3.04. The lowest BCUT2D eigenvalue weighted by Crippen LogP contribution is -2.51. The SMILES string of the molecule is CNC(C)C1CCC2C3CC4CC(N)CCC4(C)C3CC(C)C12C. The van der Waals surface area contributed by atoms with E-state index >= 15 is 0 Å². The molecular weight excluding hydrogens is 292 g/mol. The van der Waals surface area contributed by atoms with Crippen LogP contribution in [0.4, 0.5) is 0 Å². The van der Waals surface area contributed by atoms with E-state index in [-0.39, 0.29) is 0 Å². The standard InChI is InChI=1S/C22H40N2/c1-13-10-20-17(12-15-11-16(23)8-9-21(15,20)3)19-7-6-18(14(2)24-5)22(13,19)4/h13-20,24H,6-12,23H2,1-5H3. The van der Waals surface area contributed by atoms with Gasteiger partial charge in [0.1, 0.15) is 0 Å². The highest BCUT2D eigenvalue weighted by Crippen LogP contribution is 2.71. The first kappa shape index (κ1) is 17.3. The van der Waals surface area contributed by atoms with Crippen LogP contribution < -0.4 is 11.1 Å². The maximum atomic E-state index is 6.37. The molecule has 4 fully saturated rings. The molecule has 4 rings (SSSR count). The Hall–Kier alpha value is -0.0800. The lowest BCUT2D eigenvalue weighted by atomic mass is 9.50. The smallest absolute Gasteiger partial charge is 0.00694 e. The van der Waals surface area contributed by atoms with Crippen molar-refractivity contribution in [2.24, 2.45) is 52.1 Å². The first-order valence-electron chi connectivity index (χ1n) is 10.7. The van der Waals surface area contributed by atoms with Gasteiger partial charge in [0.15, 0.2) is 0 Å². The highest BCUT2D eigenvalue weighted by molar-refractivity contribution is 5.14. The first-order chi connectivity index (χ1) is 11.3. The van der Waals surface area contributed by atoms with Crippen molar-refractivity contribution in [3.05, 3.63) is 0 Å². The molecule has 138 valence electrons. The van der Waals surface area contributed by atoms with E-state index in [1.165, 1.54) is 44.9 Å². The van der Waals surface area contributed by atoms with Crippen molar-refractivity contribution in [1.29, 1.82) is 0 Å². The lowest BCUT2D eigenvalue weighted by molar-refractivity contribution is -0.0612. The second kappa shape index (κ2) is 5.71. The summed E-state index contributed by atoms with van der Waals surface area (Å²) in [6.45, 7) is 10.3. The summed E-state index contributed by atoms with van der Waals surface area (Å²) in [6.07, 6.45) is 9.86. The molecule has 24 heavy (non-hydrogen) atoms. The summed E-state index contributed by atoms with van der Waals surface area (Å²) in [6, 6.07) is 1.14. The Labute approximate surface area is 149 Å². The minimum absolute atomic E-state index is 0.479.